The minimum atomic E-state index is -0.481. The monoisotopic (exact) mass is 395 g/mol. The summed E-state index contributed by atoms with van der Waals surface area (Å²) in [5.41, 5.74) is 3.36. The molecule has 0 atom stereocenters. The number of hydrogen-bond donors (Lipinski definition) is 2. The number of nitrogens with zero attached hydrogens (tertiary/aromatic N) is 2. The highest BCUT2D eigenvalue weighted by Gasteiger charge is 2.20. The van der Waals surface area contributed by atoms with Gasteiger partial charge >= 0.3 is 0 Å². The van der Waals surface area contributed by atoms with E-state index < -0.39 is 5.56 Å². The first kappa shape index (κ1) is 17.5. The fourth-order valence-electron chi connectivity index (χ4n) is 3.09. The number of allylic oxidation sites excluding steroid dienone is 1. The summed E-state index contributed by atoms with van der Waals surface area (Å²) in [4.78, 5) is 19.6. The van der Waals surface area contributed by atoms with Crippen LogP contribution in [0.4, 0.5) is 5.69 Å². The molecule has 0 radical (unpaired) electrons. The molecule has 4 rings (SSSR count). The number of hydrogen-bond acceptors (Lipinski definition) is 4. The van der Waals surface area contributed by atoms with Gasteiger partial charge in [0.15, 0.2) is 4.77 Å². The van der Waals surface area contributed by atoms with E-state index in [1.165, 1.54) is 4.57 Å². The summed E-state index contributed by atoms with van der Waals surface area (Å²) in [6.45, 7) is 1.86. The number of para-hydroxylation sites is 2. The van der Waals surface area contributed by atoms with Gasteiger partial charge in [0, 0.05) is 16.8 Å². The maximum Gasteiger partial charge on any atom is 0.262 e. The molecule has 2 aromatic carbocycles. The number of aliphatic imine (C=N–C) groups is 1. The van der Waals surface area contributed by atoms with Crippen LogP contribution in [0.25, 0.3) is 17.3 Å². The Morgan fingerprint density at radius 3 is 2.67 bits per heavy atom. The van der Waals surface area contributed by atoms with Gasteiger partial charge in [0.25, 0.3) is 5.56 Å². The quantitative estimate of drug-likeness (QED) is 0.606. The van der Waals surface area contributed by atoms with Crippen molar-refractivity contribution in [3.05, 3.63) is 79.8 Å². The Hall–Kier alpha value is -2.96. The van der Waals surface area contributed by atoms with E-state index in [2.05, 4.69) is 9.98 Å². The normalized spacial score (nSPS) is 14.3. The summed E-state index contributed by atoms with van der Waals surface area (Å²) in [6.07, 6.45) is 1.63. The number of nitrogens with one attached hydrogen (secondary N) is 1. The van der Waals surface area contributed by atoms with Crippen molar-refractivity contribution < 1.29 is 5.11 Å². The van der Waals surface area contributed by atoms with E-state index in [-0.39, 0.29) is 16.2 Å². The first-order valence-electron chi connectivity index (χ1n) is 8.17. The lowest BCUT2D eigenvalue weighted by molar-refractivity contribution is 0.432. The summed E-state index contributed by atoms with van der Waals surface area (Å²) in [5.74, 6) is -0.276. The van der Waals surface area contributed by atoms with Crippen LogP contribution in [0, 0.1) is 4.77 Å². The fourth-order valence-corrected chi connectivity index (χ4v) is 3.58. The number of benzene rings is 2. The Kier molecular flexibility index (Phi) is 4.30. The van der Waals surface area contributed by atoms with Gasteiger partial charge in [-0.2, -0.15) is 0 Å². The molecule has 134 valence electrons. The molecule has 0 amide bonds. The van der Waals surface area contributed by atoms with Crippen LogP contribution in [-0.4, -0.2) is 20.4 Å². The van der Waals surface area contributed by atoms with Crippen LogP contribution >= 0.6 is 23.8 Å². The molecule has 2 heterocycles. The first-order valence-corrected chi connectivity index (χ1v) is 8.96. The highest BCUT2D eigenvalue weighted by atomic mass is 35.5. The van der Waals surface area contributed by atoms with Gasteiger partial charge in [-0.3, -0.25) is 19.3 Å². The van der Waals surface area contributed by atoms with Gasteiger partial charge in [0.1, 0.15) is 5.56 Å². The lowest BCUT2D eigenvalue weighted by Crippen LogP contribution is -2.16. The zero-order chi connectivity index (χ0) is 19.1. The third-order valence-corrected chi connectivity index (χ3v) is 4.98. The minimum Gasteiger partial charge on any atom is -0.494 e. The highest BCUT2D eigenvalue weighted by molar-refractivity contribution is 7.71. The molecule has 2 N–H and O–H groups in total. The predicted octanol–water partition coefficient (Wildman–Crippen LogP) is 4.90. The van der Waals surface area contributed by atoms with Gasteiger partial charge in [0.2, 0.25) is 5.88 Å². The Labute approximate surface area is 164 Å². The summed E-state index contributed by atoms with van der Waals surface area (Å²) in [5, 5.41) is 11.3. The molecule has 3 aromatic rings. The molecular weight excluding hydrogens is 382 g/mol. The molecule has 1 aliphatic heterocycles. The second-order valence-electron chi connectivity index (χ2n) is 6.06. The van der Waals surface area contributed by atoms with Gasteiger partial charge in [-0.15, -0.1) is 0 Å². The van der Waals surface area contributed by atoms with E-state index in [0.717, 1.165) is 22.5 Å². The molecule has 0 bridgehead atoms. The molecule has 0 spiro atoms. The van der Waals surface area contributed by atoms with Crippen molar-refractivity contribution in [3.63, 3.8) is 0 Å². The van der Waals surface area contributed by atoms with Gasteiger partial charge in [-0.05, 0) is 43.4 Å². The Bertz CT molecular complexity index is 1250. The number of rotatable bonds is 2. The summed E-state index contributed by atoms with van der Waals surface area (Å²) in [7, 11) is 0. The van der Waals surface area contributed by atoms with Crippen LogP contribution < -0.4 is 5.56 Å². The lowest BCUT2D eigenvalue weighted by atomic mass is 10.0. The SMILES string of the molecule is CC1=Nc2ccccc2/C1=C/c1c(O)n(-c2ccccc2Cl)c(=S)[nH]c1=O. The van der Waals surface area contributed by atoms with Crippen molar-refractivity contribution in [1.29, 1.82) is 0 Å². The molecule has 7 heteroatoms. The van der Waals surface area contributed by atoms with Crippen molar-refractivity contribution in [1.82, 2.24) is 9.55 Å². The molecular formula is C20H14ClN3O2S. The Morgan fingerprint density at radius 1 is 1.19 bits per heavy atom. The predicted molar refractivity (Wildman–Crippen MR) is 111 cm³/mol. The van der Waals surface area contributed by atoms with Crippen molar-refractivity contribution in [2.45, 2.75) is 6.92 Å². The minimum absolute atomic E-state index is 0.0601. The third kappa shape index (κ3) is 2.93. The number of aromatic amines is 1. The van der Waals surface area contributed by atoms with Gasteiger partial charge < -0.3 is 5.11 Å². The number of aromatic hydroxyl groups is 1. The lowest BCUT2D eigenvalue weighted by Gasteiger charge is -2.13. The number of aromatic nitrogens is 2. The van der Waals surface area contributed by atoms with Crippen molar-refractivity contribution >= 4 is 46.9 Å². The van der Waals surface area contributed by atoms with E-state index >= 15 is 0 Å². The van der Waals surface area contributed by atoms with E-state index in [9.17, 15) is 9.90 Å². The zero-order valence-electron chi connectivity index (χ0n) is 14.2. The number of fused-ring (bicyclic) bond motifs is 1. The Balaban J connectivity index is 1.98. The standard InChI is InChI=1S/C20H14ClN3O2S/c1-11-13(12-6-2-4-8-16(12)22-11)10-14-18(25)23-20(27)24(19(14)26)17-9-5-3-7-15(17)21/h2-10,26H,1H3,(H,23,25,27)/b13-10+. The zero-order valence-corrected chi connectivity index (χ0v) is 15.8. The van der Waals surface area contributed by atoms with Gasteiger partial charge in [-0.25, -0.2) is 0 Å². The average molecular weight is 396 g/mol. The number of halogens is 1. The van der Waals surface area contributed by atoms with E-state index in [1.807, 2.05) is 31.2 Å². The molecule has 0 aliphatic carbocycles. The number of H-pyrrole nitrogens is 1. The molecule has 1 aromatic heterocycles. The van der Waals surface area contributed by atoms with Gasteiger partial charge in [0.05, 0.1) is 16.4 Å². The summed E-state index contributed by atoms with van der Waals surface area (Å²) >= 11 is 11.5. The maximum absolute atomic E-state index is 12.5. The largest absolute Gasteiger partial charge is 0.494 e. The van der Waals surface area contributed by atoms with E-state index in [1.54, 1.807) is 30.3 Å². The van der Waals surface area contributed by atoms with Crippen LogP contribution in [0.3, 0.4) is 0 Å². The van der Waals surface area contributed by atoms with Crippen LogP contribution in [-0.2, 0) is 0 Å². The molecule has 0 saturated carbocycles. The molecule has 1 aliphatic rings. The Morgan fingerprint density at radius 2 is 1.89 bits per heavy atom. The molecule has 0 fully saturated rings. The van der Waals surface area contributed by atoms with Crippen LogP contribution in [0.1, 0.15) is 18.1 Å². The molecule has 0 saturated heterocycles. The smallest absolute Gasteiger partial charge is 0.262 e. The van der Waals surface area contributed by atoms with Crippen LogP contribution in [0.5, 0.6) is 5.88 Å². The second kappa shape index (κ2) is 6.64. The van der Waals surface area contributed by atoms with Crippen LogP contribution in [0.2, 0.25) is 5.02 Å². The highest BCUT2D eigenvalue weighted by Crippen LogP contribution is 2.36. The topological polar surface area (TPSA) is 70.4 Å². The first-order chi connectivity index (χ1) is 13.0. The summed E-state index contributed by atoms with van der Waals surface area (Å²) < 4.78 is 1.41. The summed E-state index contributed by atoms with van der Waals surface area (Å²) in [6, 6.07) is 14.6. The third-order valence-electron chi connectivity index (χ3n) is 4.38. The second-order valence-corrected chi connectivity index (χ2v) is 6.85. The average Bonchev–Trinajstić information content (AvgIpc) is 2.95. The molecule has 0 unspecified atom stereocenters. The molecule has 27 heavy (non-hydrogen) atoms. The van der Waals surface area contributed by atoms with Crippen molar-refractivity contribution in [3.8, 4) is 11.6 Å². The van der Waals surface area contributed by atoms with Crippen LogP contribution in [0.15, 0.2) is 58.3 Å². The fraction of sp³-hybridized carbons (Fsp3) is 0.0500. The van der Waals surface area contributed by atoms with E-state index in [0.29, 0.717) is 10.7 Å². The molecule has 5 nitrogen and oxygen atoms in total. The maximum atomic E-state index is 12.5. The van der Waals surface area contributed by atoms with E-state index in [4.69, 9.17) is 23.8 Å². The van der Waals surface area contributed by atoms with Crippen molar-refractivity contribution in [2.75, 3.05) is 0 Å². The van der Waals surface area contributed by atoms with Crippen molar-refractivity contribution in [2.24, 2.45) is 4.99 Å². The van der Waals surface area contributed by atoms with Gasteiger partial charge in [-0.1, -0.05) is 41.9 Å².